The van der Waals surface area contributed by atoms with Crippen molar-refractivity contribution in [3.63, 3.8) is 0 Å². The maximum atomic E-state index is 11.4. The molecule has 0 aromatic carbocycles. The topological polar surface area (TPSA) is 26.3 Å². The highest BCUT2D eigenvalue weighted by molar-refractivity contribution is 5.78. The summed E-state index contributed by atoms with van der Waals surface area (Å²) in [5, 5.41) is 0. The molecular weight excluding hydrogens is 200 g/mol. The first kappa shape index (κ1) is 15.4. The van der Waals surface area contributed by atoms with Crippen LogP contribution in [0.1, 0.15) is 54.4 Å². The third-order valence-corrected chi connectivity index (χ3v) is 2.29. The zero-order valence-corrected chi connectivity index (χ0v) is 11.5. The third-order valence-electron chi connectivity index (χ3n) is 2.29. The molecule has 0 aliphatic heterocycles. The van der Waals surface area contributed by atoms with Gasteiger partial charge in [0.05, 0.1) is 11.7 Å². The van der Waals surface area contributed by atoms with Crippen molar-refractivity contribution in [1.82, 2.24) is 0 Å². The van der Waals surface area contributed by atoms with Crippen molar-refractivity contribution >= 4 is 5.78 Å². The van der Waals surface area contributed by atoms with E-state index in [9.17, 15) is 4.79 Å². The molecule has 0 aliphatic carbocycles. The fraction of sp³-hybridized carbons (Fsp3) is 0.786. The van der Waals surface area contributed by atoms with Crippen molar-refractivity contribution in [2.24, 2.45) is 5.92 Å². The molecule has 0 aromatic heterocycles. The zero-order chi connectivity index (χ0) is 12.8. The van der Waals surface area contributed by atoms with E-state index in [1.54, 1.807) is 0 Å². The largest absolute Gasteiger partial charge is 0.368 e. The van der Waals surface area contributed by atoms with Gasteiger partial charge in [-0.3, -0.25) is 4.79 Å². The first-order chi connectivity index (χ1) is 7.26. The van der Waals surface area contributed by atoms with E-state index >= 15 is 0 Å². The molecule has 16 heavy (non-hydrogen) atoms. The van der Waals surface area contributed by atoms with Gasteiger partial charge in [-0.15, -0.1) is 0 Å². The first-order valence-electron chi connectivity index (χ1n) is 6.14. The van der Waals surface area contributed by atoms with E-state index in [0.29, 0.717) is 18.8 Å². The Morgan fingerprint density at radius 2 is 1.81 bits per heavy atom. The fourth-order valence-corrected chi connectivity index (χ4v) is 1.56. The van der Waals surface area contributed by atoms with Gasteiger partial charge in [-0.05, 0) is 26.7 Å². The molecule has 0 saturated carbocycles. The summed E-state index contributed by atoms with van der Waals surface area (Å²) < 4.78 is 5.85. The minimum absolute atomic E-state index is 0.0575. The van der Waals surface area contributed by atoms with Crippen molar-refractivity contribution < 1.29 is 9.53 Å². The van der Waals surface area contributed by atoms with E-state index in [1.807, 2.05) is 27.7 Å². The number of carbonyl (C=O) groups excluding carboxylic acids is 1. The van der Waals surface area contributed by atoms with Gasteiger partial charge in [0.2, 0.25) is 0 Å². The lowest BCUT2D eigenvalue weighted by molar-refractivity contribution is -0.126. The van der Waals surface area contributed by atoms with Crippen molar-refractivity contribution in [2.75, 3.05) is 0 Å². The van der Waals surface area contributed by atoms with Gasteiger partial charge in [-0.25, -0.2) is 0 Å². The van der Waals surface area contributed by atoms with E-state index in [2.05, 4.69) is 26.0 Å². The summed E-state index contributed by atoms with van der Waals surface area (Å²) in [6, 6.07) is 0. The van der Waals surface area contributed by atoms with Crippen LogP contribution in [0.3, 0.4) is 0 Å². The van der Waals surface area contributed by atoms with Gasteiger partial charge in [-0.1, -0.05) is 32.9 Å². The molecule has 0 fully saturated rings. The van der Waals surface area contributed by atoms with Crippen molar-refractivity contribution in [1.29, 1.82) is 0 Å². The Morgan fingerprint density at radius 3 is 2.25 bits per heavy atom. The maximum absolute atomic E-state index is 11.4. The number of carbonyl (C=O) groups is 1. The van der Waals surface area contributed by atoms with Crippen LogP contribution >= 0.6 is 0 Å². The van der Waals surface area contributed by atoms with Crippen LogP contribution in [0.15, 0.2) is 12.2 Å². The number of ether oxygens (including phenoxy) is 1. The lowest BCUT2D eigenvalue weighted by Gasteiger charge is -2.27. The standard InChI is InChI=1S/C14H26O2/c1-7-13(15)10-14(5,6)16-12(4)9-8-11(2)3/h8-9,11-12H,7,10H2,1-6H3/b9-8+. The number of rotatable bonds is 7. The second kappa shape index (κ2) is 6.85. The van der Waals surface area contributed by atoms with Gasteiger partial charge in [0.25, 0.3) is 0 Å². The monoisotopic (exact) mass is 226 g/mol. The van der Waals surface area contributed by atoms with Crippen LogP contribution in [0.25, 0.3) is 0 Å². The van der Waals surface area contributed by atoms with Crippen molar-refractivity contribution in [3.05, 3.63) is 12.2 Å². The summed E-state index contributed by atoms with van der Waals surface area (Å²) in [4.78, 5) is 11.4. The molecular formula is C14H26O2. The minimum Gasteiger partial charge on any atom is -0.368 e. The molecule has 94 valence electrons. The lowest BCUT2D eigenvalue weighted by Crippen LogP contribution is -2.31. The van der Waals surface area contributed by atoms with Gasteiger partial charge in [0.1, 0.15) is 5.78 Å². The Hall–Kier alpha value is -0.630. The number of hydrogen-bond acceptors (Lipinski definition) is 2. The van der Waals surface area contributed by atoms with Crippen molar-refractivity contribution in [2.45, 2.75) is 66.1 Å². The first-order valence-corrected chi connectivity index (χ1v) is 6.14. The van der Waals surface area contributed by atoms with Gasteiger partial charge < -0.3 is 4.74 Å². The highest BCUT2D eigenvalue weighted by Crippen LogP contribution is 2.19. The highest BCUT2D eigenvalue weighted by atomic mass is 16.5. The molecule has 1 atom stereocenters. The molecule has 0 aromatic rings. The average Bonchev–Trinajstić information content (AvgIpc) is 2.13. The Balaban J connectivity index is 4.19. The Morgan fingerprint density at radius 1 is 1.25 bits per heavy atom. The Labute approximate surface area is 100 Å². The summed E-state index contributed by atoms with van der Waals surface area (Å²) in [5.41, 5.74) is -0.367. The molecule has 0 saturated heterocycles. The van der Waals surface area contributed by atoms with Crippen LogP contribution in [0.2, 0.25) is 0 Å². The molecule has 0 amide bonds. The van der Waals surface area contributed by atoms with Gasteiger partial charge in [0.15, 0.2) is 0 Å². The second-order valence-electron chi connectivity index (χ2n) is 5.28. The smallest absolute Gasteiger partial charge is 0.135 e. The number of hydrogen-bond donors (Lipinski definition) is 0. The predicted octanol–water partition coefficient (Wildman–Crippen LogP) is 3.75. The summed E-state index contributed by atoms with van der Waals surface area (Å²) in [5.74, 6) is 0.788. The molecule has 1 unspecified atom stereocenters. The van der Waals surface area contributed by atoms with Crippen LogP contribution in [-0.4, -0.2) is 17.5 Å². The minimum atomic E-state index is -0.367. The summed E-state index contributed by atoms with van der Waals surface area (Å²) in [6.45, 7) is 12.1. The molecule has 0 heterocycles. The van der Waals surface area contributed by atoms with Crippen LogP contribution in [-0.2, 0) is 9.53 Å². The molecule has 0 radical (unpaired) electrons. The highest BCUT2D eigenvalue weighted by Gasteiger charge is 2.23. The van der Waals surface area contributed by atoms with Gasteiger partial charge >= 0.3 is 0 Å². The van der Waals surface area contributed by atoms with Crippen LogP contribution in [0.4, 0.5) is 0 Å². The van der Waals surface area contributed by atoms with E-state index in [-0.39, 0.29) is 17.5 Å². The zero-order valence-electron chi connectivity index (χ0n) is 11.5. The van der Waals surface area contributed by atoms with E-state index < -0.39 is 0 Å². The van der Waals surface area contributed by atoms with E-state index in [4.69, 9.17) is 4.74 Å². The van der Waals surface area contributed by atoms with Crippen molar-refractivity contribution in [3.8, 4) is 0 Å². The van der Waals surface area contributed by atoms with E-state index in [0.717, 1.165) is 0 Å². The van der Waals surface area contributed by atoms with Gasteiger partial charge in [0, 0.05) is 12.8 Å². The molecule has 0 bridgehead atoms. The maximum Gasteiger partial charge on any atom is 0.135 e. The third kappa shape index (κ3) is 7.63. The molecule has 0 spiro atoms. The van der Waals surface area contributed by atoms with Gasteiger partial charge in [-0.2, -0.15) is 0 Å². The van der Waals surface area contributed by atoms with Crippen LogP contribution < -0.4 is 0 Å². The summed E-state index contributed by atoms with van der Waals surface area (Å²) in [6.07, 6.45) is 5.32. The number of allylic oxidation sites excluding steroid dienone is 1. The Bertz CT molecular complexity index is 239. The van der Waals surface area contributed by atoms with Crippen LogP contribution in [0.5, 0.6) is 0 Å². The van der Waals surface area contributed by atoms with E-state index in [1.165, 1.54) is 0 Å². The quantitative estimate of drug-likeness (QED) is 0.618. The molecule has 0 N–H and O–H groups in total. The summed E-state index contributed by atoms with van der Waals surface area (Å²) in [7, 11) is 0. The molecule has 0 aliphatic rings. The average molecular weight is 226 g/mol. The predicted molar refractivity (Wildman–Crippen MR) is 68.5 cm³/mol. The van der Waals surface area contributed by atoms with Crippen LogP contribution in [0, 0.1) is 5.92 Å². The SMILES string of the molecule is CCC(=O)CC(C)(C)OC(C)/C=C/C(C)C. The lowest BCUT2D eigenvalue weighted by atomic mass is 10.00. The number of Topliss-reactive ketones (excluding diaryl/α,β-unsaturated/α-hetero) is 1. The second-order valence-corrected chi connectivity index (χ2v) is 5.28. The molecule has 2 heteroatoms. The number of ketones is 1. The normalized spacial score (nSPS) is 14.7. The molecule has 0 rings (SSSR count). The Kier molecular flexibility index (Phi) is 6.58. The molecule has 2 nitrogen and oxygen atoms in total. The fourth-order valence-electron chi connectivity index (χ4n) is 1.56. The summed E-state index contributed by atoms with van der Waals surface area (Å²) >= 11 is 0.